The molecule has 2 aromatic heterocycles. The van der Waals surface area contributed by atoms with Gasteiger partial charge in [0.05, 0.1) is 16.3 Å². The molecule has 0 bridgehead atoms. The van der Waals surface area contributed by atoms with Crippen molar-refractivity contribution in [1.29, 1.82) is 0 Å². The summed E-state index contributed by atoms with van der Waals surface area (Å²) in [6.07, 6.45) is 5.02. The van der Waals surface area contributed by atoms with Gasteiger partial charge in [-0.3, -0.25) is 4.98 Å². The second-order valence-electron chi connectivity index (χ2n) is 7.49. The number of oxime groups is 1. The highest BCUT2D eigenvalue weighted by Gasteiger charge is 2.09. The van der Waals surface area contributed by atoms with Gasteiger partial charge in [0.15, 0.2) is 0 Å². The van der Waals surface area contributed by atoms with E-state index < -0.39 is 0 Å². The first-order valence-corrected chi connectivity index (χ1v) is 11.2. The third-order valence-electron chi connectivity index (χ3n) is 5.01. The Bertz CT molecular complexity index is 1280. The van der Waals surface area contributed by atoms with Crippen molar-refractivity contribution in [3.8, 4) is 5.75 Å². The van der Waals surface area contributed by atoms with E-state index in [4.69, 9.17) is 21.2 Å². The normalized spacial score (nSPS) is 11.4. The van der Waals surface area contributed by atoms with Crippen molar-refractivity contribution in [2.75, 3.05) is 25.5 Å². The lowest BCUT2D eigenvalue weighted by molar-refractivity contribution is 0.147. The number of anilines is 2. The van der Waals surface area contributed by atoms with Crippen LogP contribution in [0.25, 0.3) is 10.9 Å². The summed E-state index contributed by atoms with van der Waals surface area (Å²) < 4.78 is 5.83. The Morgan fingerprint density at radius 2 is 2.03 bits per heavy atom. The van der Waals surface area contributed by atoms with Gasteiger partial charge in [-0.15, -0.1) is 0 Å². The summed E-state index contributed by atoms with van der Waals surface area (Å²) in [5.41, 5.74) is 4.26. The van der Waals surface area contributed by atoms with Gasteiger partial charge in [-0.05, 0) is 55.9 Å². The summed E-state index contributed by atoms with van der Waals surface area (Å²) in [4.78, 5) is 18.2. The number of nitrogens with one attached hydrogen (secondary N) is 2. The van der Waals surface area contributed by atoms with Gasteiger partial charge < -0.3 is 20.2 Å². The highest BCUT2D eigenvalue weighted by molar-refractivity contribution is 6.32. The van der Waals surface area contributed by atoms with Crippen LogP contribution in [0.5, 0.6) is 5.75 Å². The van der Waals surface area contributed by atoms with Gasteiger partial charge >= 0.3 is 0 Å². The van der Waals surface area contributed by atoms with Crippen LogP contribution in [0.4, 0.5) is 11.5 Å². The Kier molecular flexibility index (Phi) is 7.85. The molecule has 2 aromatic carbocycles. The molecular formula is C25H25ClN6O2. The Hall–Kier alpha value is -3.75. The summed E-state index contributed by atoms with van der Waals surface area (Å²) in [7, 11) is 1.87. The number of aromatic nitrogens is 3. The highest BCUT2D eigenvalue weighted by Crippen LogP contribution is 2.31. The van der Waals surface area contributed by atoms with E-state index in [0.717, 1.165) is 40.0 Å². The van der Waals surface area contributed by atoms with Crippen molar-refractivity contribution in [2.45, 2.75) is 13.5 Å². The largest absolute Gasteiger partial charge is 0.487 e. The number of halogens is 1. The van der Waals surface area contributed by atoms with Gasteiger partial charge in [0.1, 0.15) is 31.1 Å². The average Bonchev–Trinajstić information content (AvgIpc) is 2.86. The molecule has 0 unspecified atom stereocenters. The fourth-order valence-electron chi connectivity index (χ4n) is 3.20. The van der Waals surface area contributed by atoms with Crippen LogP contribution in [-0.2, 0) is 11.4 Å². The monoisotopic (exact) mass is 476 g/mol. The predicted molar refractivity (Wildman–Crippen MR) is 135 cm³/mol. The SMILES string of the molecule is CNCCO/N=C(\C)c1ccc2ncnc(Nc3ccc(OCc4cccnc4)c(Cl)c3)c2c1. The first-order valence-electron chi connectivity index (χ1n) is 10.8. The number of fused-ring (bicyclic) bond motifs is 1. The fourth-order valence-corrected chi connectivity index (χ4v) is 3.44. The van der Waals surface area contributed by atoms with Crippen molar-refractivity contribution >= 4 is 39.7 Å². The molecule has 2 heterocycles. The number of hydrogen-bond acceptors (Lipinski definition) is 8. The molecular weight excluding hydrogens is 452 g/mol. The van der Waals surface area contributed by atoms with Crippen LogP contribution in [0.1, 0.15) is 18.1 Å². The van der Waals surface area contributed by atoms with Gasteiger partial charge in [0.2, 0.25) is 0 Å². The van der Waals surface area contributed by atoms with E-state index in [1.54, 1.807) is 18.5 Å². The zero-order chi connectivity index (χ0) is 23.8. The van der Waals surface area contributed by atoms with Gasteiger partial charge in [-0.2, -0.15) is 0 Å². The standard InChI is InChI=1S/C25H25ClN6O2/c1-17(32-34-11-10-27-2)19-5-7-23-21(12-19)25(30-16-29-23)31-20-6-8-24(22(26)13-20)33-15-18-4-3-9-28-14-18/h3-9,12-14,16,27H,10-11,15H2,1-2H3,(H,29,30,31)/b32-17+. The number of pyridine rings is 1. The molecule has 2 N–H and O–H groups in total. The maximum absolute atomic E-state index is 6.47. The van der Waals surface area contributed by atoms with Crippen LogP contribution in [0.3, 0.4) is 0 Å². The molecule has 0 atom stereocenters. The Morgan fingerprint density at radius 3 is 2.82 bits per heavy atom. The molecule has 4 rings (SSSR count). The van der Waals surface area contributed by atoms with E-state index in [0.29, 0.717) is 29.8 Å². The molecule has 4 aromatic rings. The third kappa shape index (κ3) is 5.98. The Morgan fingerprint density at radius 1 is 1.12 bits per heavy atom. The van der Waals surface area contributed by atoms with Gasteiger partial charge in [-0.25, -0.2) is 9.97 Å². The molecule has 0 radical (unpaired) electrons. The number of ether oxygens (including phenoxy) is 1. The van der Waals surface area contributed by atoms with Crippen LogP contribution >= 0.6 is 11.6 Å². The third-order valence-corrected chi connectivity index (χ3v) is 5.31. The highest BCUT2D eigenvalue weighted by atomic mass is 35.5. The summed E-state index contributed by atoms with van der Waals surface area (Å²) in [5.74, 6) is 1.26. The number of likely N-dealkylation sites (N-methyl/N-ethyl adjacent to an activating group) is 1. The first kappa shape index (κ1) is 23.4. The molecule has 0 aliphatic rings. The first-order chi connectivity index (χ1) is 16.6. The molecule has 9 heteroatoms. The summed E-state index contributed by atoms with van der Waals surface area (Å²) in [6.45, 7) is 3.52. The van der Waals surface area contributed by atoms with Crippen LogP contribution in [0, 0.1) is 0 Å². The number of rotatable bonds is 10. The second kappa shape index (κ2) is 11.4. The number of hydrogen-bond donors (Lipinski definition) is 2. The van der Waals surface area contributed by atoms with Crippen molar-refractivity contribution in [1.82, 2.24) is 20.3 Å². The number of nitrogens with zero attached hydrogens (tertiary/aromatic N) is 4. The quantitative estimate of drug-likeness (QED) is 0.190. The summed E-state index contributed by atoms with van der Waals surface area (Å²) in [5, 5.41) is 11.9. The van der Waals surface area contributed by atoms with Crippen molar-refractivity contribution < 1.29 is 9.57 Å². The molecule has 0 amide bonds. The molecule has 0 saturated heterocycles. The Balaban J connectivity index is 1.51. The predicted octanol–water partition coefficient (Wildman–Crippen LogP) is 4.96. The lowest BCUT2D eigenvalue weighted by atomic mass is 10.1. The number of benzene rings is 2. The van der Waals surface area contributed by atoms with Crippen LogP contribution < -0.4 is 15.4 Å². The van der Waals surface area contributed by atoms with Gasteiger partial charge in [-0.1, -0.05) is 28.9 Å². The Labute approximate surface area is 203 Å². The van der Waals surface area contributed by atoms with Crippen LogP contribution in [0.2, 0.25) is 5.02 Å². The molecule has 0 aliphatic carbocycles. The van der Waals surface area contributed by atoms with Crippen molar-refractivity contribution in [3.05, 3.63) is 83.4 Å². The van der Waals surface area contributed by atoms with E-state index in [-0.39, 0.29) is 0 Å². The minimum Gasteiger partial charge on any atom is -0.487 e. The lowest BCUT2D eigenvalue weighted by Gasteiger charge is -2.12. The fraction of sp³-hybridized carbons (Fsp3) is 0.200. The molecule has 0 fully saturated rings. The molecule has 8 nitrogen and oxygen atoms in total. The van der Waals surface area contributed by atoms with Crippen LogP contribution in [-0.4, -0.2) is 40.9 Å². The van der Waals surface area contributed by atoms with Gasteiger partial charge in [0, 0.05) is 35.6 Å². The van der Waals surface area contributed by atoms with E-state index in [2.05, 4.69) is 30.7 Å². The van der Waals surface area contributed by atoms with E-state index in [1.807, 2.05) is 56.4 Å². The van der Waals surface area contributed by atoms with E-state index >= 15 is 0 Å². The maximum Gasteiger partial charge on any atom is 0.141 e. The van der Waals surface area contributed by atoms with E-state index in [9.17, 15) is 0 Å². The average molecular weight is 477 g/mol. The lowest BCUT2D eigenvalue weighted by Crippen LogP contribution is -2.13. The smallest absolute Gasteiger partial charge is 0.141 e. The zero-order valence-electron chi connectivity index (χ0n) is 19.0. The minimum atomic E-state index is 0.388. The second-order valence-corrected chi connectivity index (χ2v) is 7.90. The van der Waals surface area contributed by atoms with Crippen molar-refractivity contribution in [2.24, 2.45) is 5.16 Å². The zero-order valence-corrected chi connectivity index (χ0v) is 19.7. The van der Waals surface area contributed by atoms with E-state index in [1.165, 1.54) is 6.33 Å². The molecule has 0 aliphatic heterocycles. The summed E-state index contributed by atoms with van der Waals surface area (Å²) in [6, 6.07) is 15.2. The van der Waals surface area contributed by atoms with Crippen molar-refractivity contribution in [3.63, 3.8) is 0 Å². The minimum absolute atomic E-state index is 0.388. The van der Waals surface area contributed by atoms with Gasteiger partial charge in [0.25, 0.3) is 0 Å². The maximum atomic E-state index is 6.47. The molecule has 34 heavy (non-hydrogen) atoms. The van der Waals surface area contributed by atoms with Crippen LogP contribution in [0.15, 0.2) is 72.4 Å². The topological polar surface area (TPSA) is 93.5 Å². The molecule has 0 saturated carbocycles. The molecule has 0 spiro atoms. The summed E-state index contributed by atoms with van der Waals surface area (Å²) >= 11 is 6.47. The molecule has 174 valence electrons.